The highest BCUT2D eigenvalue weighted by molar-refractivity contribution is 5.92. The van der Waals surface area contributed by atoms with Crippen LogP contribution >= 0.6 is 0 Å². The standard InChI is InChI=1S/C13H6F5NO3/c14-6-1-4-10(9(16)8(6)15)19(7-2-13(7,17)18)3-5(11(4)20)12(21)22/h1,3,7H,2H2,(H,21,22). The predicted molar refractivity (Wildman–Crippen MR) is 63.6 cm³/mol. The van der Waals surface area contributed by atoms with E-state index in [4.69, 9.17) is 5.11 Å². The number of halogens is 5. The summed E-state index contributed by atoms with van der Waals surface area (Å²) < 4.78 is 67.4. The molecule has 4 nitrogen and oxygen atoms in total. The minimum atomic E-state index is -3.24. The number of carboxylic acids is 1. The molecule has 1 aromatic heterocycles. The van der Waals surface area contributed by atoms with E-state index in [1.54, 1.807) is 0 Å². The van der Waals surface area contributed by atoms with Gasteiger partial charge in [-0.05, 0) is 6.07 Å². The fourth-order valence-corrected chi connectivity index (χ4v) is 2.32. The van der Waals surface area contributed by atoms with Crippen molar-refractivity contribution >= 4 is 16.9 Å². The fourth-order valence-electron chi connectivity index (χ4n) is 2.32. The van der Waals surface area contributed by atoms with Gasteiger partial charge in [0.25, 0.3) is 5.92 Å². The Bertz CT molecular complexity index is 890. The molecule has 22 heavy (non-hydrogen) atoms. The summed E-state index contributed by atoms with van der Waals surface area (Å²) in [5, 5.41) is 8.11. The normalized spacial score (nSPS) is 19.4. The molecular weight excluding hydrogens is 313 g/mol. The molecule has 1 N–H and O–H groups in total. The number of fused-ring (bicyclic) bond motifs is 1. The first-order chi connectivity index (χ1) is 10.1. The molecule has 0 amide bonds. The van der Waals surface area contributed by atoms with Crippen molar-refractivity contribution in [3.05, 3.63) is 45.5 Å². The molecule has 0 aliphatic heterocycles. The zero-order chi connectivity index (χ0) is 16.4. The van der Waals surface area contributed by atoms with Gasteiger partial charge in [-0.25, -0.2) is 26.7 Å². The summed E-state index contributed by atoms with van der Waals surface area (Å²) in [6.07, 6.45) is -0.193. The van der Waals surface area contributed by atoms with Crippen LogP contribution in [0.5, 0.6) is 0 Å². The second-order valence-corrected chi connectivity index (χ2v) is 4.95. The van der Waals surface area contributed by atoms with E-state index in [9.17, 15) is 31.5 Å². The maximum absolute atomic E-state index is 13.9. The van der Waals surface area contributed by atoms with Crippen LogP contribution in [-0.2, 0) is 0 Å². The number of rotatable bonds is 2. The third kappa shape index (κ3) is 1.88. The van der Waals surface area contributed by atoms with Gasteiger partial charge in [-0.1, -0.05) is 0 Å². The van der Waals surface area contributed by atoms with E-state index < -0.39 is 63.7 Å². The Morgan fingerprint density at radius 1 is 1.27 bits per heavy atom. The number of pyridine rings is 1. The molecule has 1 saturated carbocycles. The Balaban J connectivity index is 2.48. The lowest BCUT2D eigenvalue weighted by atomic mass is 10.1. The summed E-state index contributed by atoms with van der Waals surface area (Å²) in [5.41, 5.74) is -3.09. The first kappa shape index (κ1) is 14.5. The number of hydrogen-bond donors (Lipinski definition) is 1. The van der Waals surface area contributed by atoms with Crippen molar-refractivity contribution in [1.82, 2.24) is 4.57 Å². The summed E-state index contributed by atoms with van der Waals surface area (Å²) in [7, 11) is 0. The Hall–Kier alpha value is -2.45. The quantitative estimate of drug-likeness (QED) is 0.684. The van der Waals surface area contributed by atoms with Gasteiger partial charge in [0.15, 0.2) is 17.5 Å². The van der Waals surface area contributed by atoms with Gasteiger partial charge in [-0.15, -0.1) is 0 Å². The second kappa shape index (κ2) is 4.28. The summed E-state index contributed by atoms with van der Waals surface area (Å²) in [6.45, 7) is 0. The van der Waals surface area contributed by atoms with Gasteiger partial charge in [-0.2, -0.15) is 0 Å². The van der Waals surface area contributed by atoms with Crippen LogP contribution in [0, 0.1) is 17.5 Å². The monoisotopic (exact) mass is 319 g/mol. The van der Waals surface area contributed by atoms with Crippen molar-refractivity contribution in [3.8, 4) is 0 Å². The lowest BCUT2D eigenvalue weighted by Crippen LogP contribution is -2.21. The highest BCUT2D eigenvalue weighted by atomic mass is 19.3. The lowest BCUT2D eigenvalue weighted by Gasteiger charge is -2.13. The summed E-state index contributed by atoms with van der Waals surface area (Å²) in [6, 6.07) is -1.31. The molecule has 0 saturated heterocycles. The molecule has 0 spiro atoms. The number of carboxylic acid groups (broad SMARTS) is 1. The largest absolute Gasteiger partial charge is 0.477 e. The third-order valence-corrected chi connectivity index (χ3v) is 3.51. The van der Waals surface area contributed by atoms with Crippen molar-refractivity contribution in [2.45, 2.75) is 18.4 Å². The molecular formula is C13H6F5NO3. The zero-order valence-electron chi connectivity index (χ0n) is 10.5. The molecule has 0 radical (unpaired) electrons. The maximum atomic E-state index is 13.9. The van der Waals surface area contributed by atoms with Gasteiger partial charge in [0.1, 0.15) is 11.6 Å². The van der Waals surface area contributed by atoms with Gasteiger partial charge >= 0.3 is 5.97 Å². The highest BCUT2D eigenvalue weighted by Gasteiger charge is 2.58. The van der Waals surface area contributed by atoms with Crippen molar-refractivity contribution in [2.24, 2.45) is 0 Å². The number of nitrogens with zero attached hydrogens (tertiary/aromatic N) is 1. The van der Waals surface area contributed by atoms with Crippen molar-refractivity contribution < 1.29 is 31.9 Å². The lowest BCUT2D eigenvalue weighted by molar-refractivity contribution is 0.0692. The predicted octanol–water partition coefficient (Wildman–Crippen LogP) is 2.70. The van der Waals surface area contributed by atoms with Crippen molar-refractivity contribution in [2.75, 3.05) is 0 Å². The Labute approximate surface area is 118 Å². The van der Waals surface area contributed by atoms with Crippen LogP contribution < -0.4 is 5.43 Å². The van der Waals surface area contributed by atoms with Crippen LogP contribution in [0.1, 0.15) is 22.8 Å². The van der Waals surface area contributed by atoms with E-state index in [0.29, 0.717) is 16.8 Å². The van der Waals surface area contributed by atoms with Crippen molar-refractivity contribution in [1.29, 1.82) is 0 Å². The number of aromatic carboxylic acids is 1. The van der Waals surface area contributed by atoms with E-state index in [2.05, 4.69) is 0 Å². The molecule has 1 aromatic carbocycles. The molecule has 1 aliphatic rings. The molecule has 9 heteroatoms. The SMILES string of the molecule is O=C(O)c1cn(C2CC2(F)F)c2c(F)c(F)c(F)cc2c1=O. The zero-order valence-corrected chi connectivity index (χ0v) is 10.5. The van der Waals surface area contributed by atoms with E-state index >= 15 is 0 Å². The van der Waals surface area contributed by atoms with Crippen molar-refractivity contribution in [3.63, 3.8) is 0 Å². The molecule has 1 atom stereocenters. The summed E-state index contributed by atoms with van der Waals surface area (Å²) in [4.78, 5) is 22.9. The van der Waals surface area contributed by atoms with E-state index in [-0.39, 0.29) is 0 Å². The van der Waals surface area contributed by atoms with Crippen LogP contribution in [0.4, 0.5) is 22.0 Å². The highest BCUT2D eigenvalue weighted by Crippen LogP contribution is 2.53. The minimum Gasteiger partial charge on any atom is -0.477 e. The first-order valence-corrected chi connectivity index (χ1v) is 5.98. The molecule has 3 rings (SSSR count). The number of aromatic nitrogens is 1. The molecule has 1 unspecified atom stereocenters. The maximum Gasteiger partial charge on any atom is 0.341 e. The van der Waals surface area contributed by atoms with Gasteiger partial charge < -0.3 is 9.67 Å². The summed E-state index contributed by atoms with van der Waals surface area (Å²) >= 11 is 0. The Morgan fingerprint density at radius 3 is 2.36 bits per heavy atom. The third-order valence-electron chi connectivity index (χ3n) is 3.51. The van der Waals surface area contributed by atoms with Gasteiger partial charge in [0.2, 0.25) is 5.43 Å². The molecule has 1 heterocycles. The number of carbonyl (C=O) groups is 1. The second-order valence-electron chi connectivity index (χ2n) is 4.95. The number of alkyl halides is 2. The van der Waals surface area contributed by atoms with E-state index in [0.717, 1.165) is 0 Å². The molecule has 116 valence electrons. The van der Waals surface area contributed by atoms with E-state index in [1.165, 1.54) is 0 Å². The first-order valence-electron chi connectivity index (χ1n) is 5.98. The minimum absolute atomic E-state index is 0.305. The average Bonchev–Trinajstić information content (AvgIpc) is 3.05. The topological polar surface area (TPSA) is 59.3 Å². The van der Waals surface area contributed by atoms with Gasteiger partial charge in [0.05, 0.1) is 10.9 Å². The Kier molecular flexibility index (Phi) is 2.82. The van der Waals surface area contributed by atoms with Crippen LogP contribution in [0.15, 0.2) is 17.1 Å². The molecule has 2 aromatic rings. The van der Waals surface area contributed by atoms with Crippen LogP contribution in [-0.4, -0.2) is 21.6 Å². The van der Waals surface area contributed by atoms with Gasteiger partial charge in [-0.3, -0.25) is 4.79 Å². The fraction of sp³-hybridized carbons (Fsp3) is 0.231. The van der Waals surface area contributed by atoms with Crippen LogP contribution in [0.3, 0.4) is 0 Å². The number of hydrogen-bond acceptors (Lipinski definition) is 2. The summed E-state index contributed by atoms with van der Waals surface area (Å²) in [5.74, 6) is -10.4. The van der Waals surface area contributed by atoms with Gasteiger partial charge in [0, 0.05) is 12.6 Å². The molecule has 1 aliphatic carbocycles. The molecule has 1 fully saturated rings. The molecule has 0 bridgehead atoms. The Morgan fingerprint density at radius 2 is 1.86 bits per heavy atom. The number of benzene rings is 1. The average molecular weight is 319 g/mol. The van der Waals surface area contributed by atoms with E-state index in [1.807, 2.05) is 0 Å². The van der Waals surface area contributed by atoms with Crippen LogP contribution in [0.25, 0.3) is 10.9 Å². The van der Waals surface area contributed by atoms with Crippen LogP contribution in [0.2, 0.25) is 0 Å². The smallest absolute Gasteiger partial charge is 0.341 e.